The lowest BCUT2D eigenvalue weighted by molar-refractivity contribution is -0.149. The number of hydrogen-bond donors (Lipinski definition) is 4. The minimum atomic E-state index is -1.34. The van der Waals surface area contributed by atoms with Crippen molar-refractivity contribution >= 4 is 28.9 Å². The van der Waals surface area contributed by atoms with Gasteiger partial charge >= 0.3 is 12.1 Å². The molecule has 0 aliphatic carbocycles. The van der Waals surface area contributed by atoms with Gasteiger partial charge in [-0.3, -0.25) is 4.79 Å². The average Bonchev–Trinajstić information content (AvgIpc) is 3.22. The molecule has 9 nitrogen and oxygen atoms in total. The molecule has 0 saturated carbocycles. The summed E-state index contributed by atoms with van der Waals surface area (Å²) >= 11 is 0. The summed E-state index contributed by atoms with van der Waals surface area (Å²) in [5.74, 6) is -1.38. The third kappa shape index (κ3) is 7.58. The van der Waals surface area contributed by atoms with E-state index in [0.717, 1.165) is 22.0 Å². The Bertz CT molecular complexity index is 1180. The van der Waals surface area contributed by atoms with Crippen molar-refractivity contribution in [3.8, 4) is 0 Å². The van der Waals surface area contributed by atoms with E-state index in [0.29, 0.717) is 0 Å². The smallest absolute Gasteiger partial charge is 0.408 e. The molecule has 3 aromatic rings. The fourth-order valence-corrected chi connectivity index (χ4v) is 3.64. The molecule has 1 heterocycles. The molecular weight excluding hydrogens is 462 g/mol. The number of rotatable bonds is 9. The molecule has 4 N–H and O–H groups in total. The Morgan fingerprint density at radius 3 is 2.33 bits per heavy atom. The highest BCUT2D eigenvalue weighted by Crippen LogP contribution is 2.20. The maximum atomic E-state index is 13.1. The highest BCUT2D eigenvalue weighted by atomic mass is 16.6. The van der Waals surface area contributed by atoms with Crippen molar-refractivity contribution in [2.24, 2.45) is 0 Å². The zero-order valence-electron chi connectivity index (χ0n) is 20.9. The topological polar surface area (TPSA) is 130 Å². The van der Waals surface area contributed by atoms with Crippen LogP contribution in [0.15, 0.2) is 60.8 Å². The van der Waals surface area contributed by atoms with Crippen LogP contribution in [0.4, 0.5) is 4.79 Å². The van der Waals surface area contributed by atoms with Crippen molar-refractivity contribution in [2.75, 3.05) is 0 Å². The number of H-pyrrole nitrogens is 1. The molecule has 2 aromatic carbocycles. The number of fused-ring (bicyclic) bond motifs is 1. The van der Waals surface area contributed by atoms with Crippen molar-refractivity contribution in [2.45, 2.75) is 64.5 Å². The van der Waals surface area contributed by atoms with E-state index in [9.17, 15) is 19.5 Å². The van der Waals surface area contributed by atoms with Gasteiger partial charge in [-0.25, -0.2) is 9.59 Å². The summed E-state index contributed by atoms with van der Waals surface area (Å²) in [6, 6.07) is 14.4. The second-order valence-corrected chi connectivity index (χ2v) is 9.58. The van der Waals surface area contributed by atoms with Gasteiger partial charge in [0.05, 0.1) is 6.10 Å². The van der Waals surface area contributed by atoms with Crippen LogP contribution in [0.2, 0.25) is 0 Å². The average molecular weight is 496 g/mol. The Morgan fingerprint density at radius 1 is 1.00 bits per heavy atom. The predicted molar refractivity (Wildman–Crippen MR) is 135 cm³/mol. The number of carbonyl (C=O) groups excluding carboxylic acids is 3. The molecule has 192 valence electrons. The van der Waals surface area contributed by atoms with Gasteiger partial charge < -0.3 is 30.2 Å². The van der Waals surface area contributed by atoms with Crippen LogP contribution in [0, 0.1) is 0 Å². The summed E-state index contributed by atoms with van der Waals surface area (Å²) in [6.07, 6.45) is -0.183. The van der Waals surface area contributed by atoms with Gasteiger partial charge in [-0.1, -0.05) is 48.5 Å². The second-order valence-electron chi connectivity index (χ2n) is 9.58. The van der Waals surface area contributed by atoms with Gasteiger partial charge in [0.25, 0.3) is 0 Å². The van der Waals surface area contributed by atoms with Crippen LogP contribution in [0.1, 0.15) is 38.8 Å². The molecule has 0 radical (unpaired) electrons. The SMILES string of the molecule is CC(O)C(NC(=O)OC(C)(C)C)C(=O)NC(Cc1c[nH]c2ccccc12)C(=O)OCc1ccccc1. The molecule has 3 unspecified atom stereocenters. The number of ether oxygens (including phenoxy) is 2. The Labute approximate surface area is 210 Å². The van der Waals surface area contributed by atoms with Crippen LogP contribution < -0.4 is 10.6 Å². The molecule has 0 spiro atoms. The number of aromatic nitrogens is 1. The molecule has 0 saturated heterocycles. The molecule has 1 aromatic heterocycles. The first kappa shape index (κ1) is 26.7. The monoisotopic (exact) mass is 495 g/mol. The summed E-state index contributed by atoms with van der Waals surface area (Å²) in [7, 11) is 0. The minimum Gasteiger partial charge on any atom is -0.459 e. The van der Waals surface area contributed by atoms with Gasteiger partial charge in [0.15, 0.2) is 0 Å². The minimum absolute atomic E-state index is 0.0376. The summed E-state index contributed by atoms with van der Waals surface area (Å²) in [6.45, 7) is 6.46. The summed E-state index contributed by atoms with van der Waals surface area (Å²) in [5.41, 5.74) is 1.71. The number of benzene rings is 2. The van der Waals surface area contributed by atoms with Crippen LogP contribution in [0.3, 0.4) is 0 Å². The molecule has 0 aliphatic rings. The number of alkyl carbamates (subject to hydrolysis) is 1. The molecule has 0 aliphatic heterocycles. The number of esters is 1. The van der Waals surface area contributed by atoms with Crippen molar-refractivity contribution < 1.29 is 29.0 Å². The van der Waals surface area contributed by atoms with Crippen LogP contribution in [0.5, 0.6) is 0 Å². The predicted octanol–water partition coefficient (Wildman–Crippen LogP) is 3.21. The van der Waals surface area contributed by atoms with E-state index < -0.39 is 41.8 Å². The third-order valence-electron chi connectivity index (χ3n) is 5.36. The quantitative estimate of drug-likeness (QED) is 0.337. The van der Waals surface area contributed by atoms with Gasteiger partial charge in [0, 0.05) is 23.5 Å². The van der Waals surface area contributed by atoms with E-state index in [1.165, 1.54) is 6.92 Å². The van der Waals surface area contributed by atoms with E-state index in [4.69, 9.17) is 9.47 Å². The first-order valence-corrected chi connectivity index (χ1v) is 11.8. The number of aliphatic hydroxyl groups excluding tert-OH is 1. The standard InChI is InChI=1S/C27H33N3O6/c1-17(31)23(30-26(34)36-27(2,3)4)24(32)29-22(25(33)35-16-18-10-6-5-7-11-18)14-19-15-28-21-13-9-8-12-20(19)21/h5-13,15,17,22-23,28,31H,14,16H2,1-4H3,(H,29,32)(H,30,34). The van der Waals surface area contributed by atoms with Crippen molar-refractivity contribution in [3.05, 3.63) is 71.9 Å². The van der Waals surface area contributed by atoms with E-state index in [1.807, 2.05) is 54.6 Å². The molecule has 3 rings (SSSR count). The van der Waals surface area contributed by atoms with Crippen molar-refractivity contribution in [1.29, 1.82) is 0 Å². The normalized spacial score (nSPS) is 13.9. The van der Waals surface area contributed by atoms with Gasteiger partial charge in [0.1, 0.15) is 24.3 Å². The van der Waals surface area contributed by atoms with Crippen LogP contribution in [-0.2, 0) is 32.1 Å². The number of carbonyl (C=O) groups is 3. The first-order chi connectivity index (χ1) is 17.0. The maximum absolute atomic E-state index is 13.1. The number of nitrogens with one attached hydrogen (secondary N) is 3. The maximum Gasteiger partial charge on any atom is 0.408 e. The van der Waals surface area contributed by atoms with E-state index in [-0.39, 0.29) is 13.0 Å². The lowest BCUT2D eigenvalue weighted by atomic mass is 10.0. The molecule has 0 fully saturated rings. The Morgan fingerprint density at radius 2 is 1.67 bits per heavy atom. The molecule has 3 atom stereocenters. The van der Waals surface area contributed by atoms with Crippen LogP contribution in [-0.4, -0.2) is 51.8 Å². The number of hydrogen-bond acceptors (Lipinski definition) is 6. The second kappa shape index (κ2) is 11.7. The van der Waals surface area contributed by atoms with Gasteiger partial charge in [-0.05, 0) is 44.9 Å². The van der Waals surface area contributed by atoms with Crippen molar-refractivity contribution in [3.63, 3.8) is 0 Å². The largest absolute Gasteiger partial charge is 0.459 e. The molecule has 0 bridgehead atoms. The van der Waals surface area contributed by atoms with E-state index in [1.54, 1.807) is 27.0 Å². The fourth-order valence-electron chi connectivity index (χ4n) is 3.64. The summed E-state index contributed by atoms with van der Waals surface area (Å²) in [4.78, 5) is 41.6. The number of amides is 2. The van der Waals surface area contributed by atoms with Crippen LogP contribution >= 0.6 is 0 Å². The number of para-hydroxylation sites is 1. The van der Waals surface area contributed by atoms with Gasteiger partial charge in [-0.15, -0.1) is 0 Å². The Balaban J connectivity index is 1.78. The Kier molecular flexibility index (Phi) is 8.71. The molecular formula is C27H33N3O6. The fraction of sp³-hybridized carbons (Fsp3) is 0.370. The number of aliphatic hydroxyl groups is 1. The number of aromatic amines is 1. The van der Waals surface area contributed by atoms with Crippen LogP contribution in [0.25, 0.3) is 10.9 Å². The van der Waals surface area contributed by atoms with E-state index >= 15 is 0 Å². The summed E-state index contributed by atoms with van der Waals surface area (Å²) in [5, 5.41) is 16.1. The first-order valence-electron chi connectivity index (χ1n) is 11.8. The Hall–Kier alpha value is -3.85. The third-order valence-corrected chi connectivity index (χ3v) is 5.36. The highest BCUT2D eigenvalue weighted by Gasteiger charge is 2.32. The van der Waals surface area contributed by atoms with Crippen molar-refractivity contribution in [1.82, 2.24) is 15.6 Å². The van der Waals surface area contributed by atoms with Gasteiger partial charge in [-0.2, -0.15) is 0 Å². The molecule has 9 heteroatoms. The lowest BCUT2D eigenvalue weighted by Gasteiger charge is -2.26. The van der Waals surface area contributed by atoms with Gasteiger partial charge in [0.2, 0.25) is 5.91 Å². The lowest BCUT2D eigenvalue weighted by Crippen LogP contribution is -2.56. The molecule has 2 amide bonds. The highest BCUT2D eigenvalue weighted by molar-refractivity contribution is 5.91. The van der Waals surface area contributed by atoms with E-state index in [2.05, 4.69) is 15.6 Å². The molecule has 36 heavy (non-hydrogen) atoms. The summed E-state index contributed by atoms with van der Waals surface area (Å²) < 4.78 is 10.7. The zero-order valence-corrected chi connectivity index (χ0v) is 20.9. The zero-order chi connectivity index (χ0) is 26.3.